The minimum absolute atomic E-state index is 0.0261. The molecule has 0 N–H and O–H groups in total. The predicted molar refractivity (Wildman–Crippen MR) is 120 cm³/mol. The Kier molecular flexibility index (Phi) is 5.06. The van der Waals surface area contributed by atoms with E-state index in [1.54, 1.807) is 6.07 Å². The quantitative estimate of drug-likeness (QED) is 0.478. The first-order valence-electron chi connectivity index (χ1n) is 12.7. The second-order valence-corrected chi connectivity index (χ2v) is 11.3. The van der Waals surface area contributed by atoms with E-state index in [1.165, 1.54) is 12.1 Å². The molecule has 1 aromatic rings. The Morgan fingerprint density at radius 3 is 2.59 bits per heavy atom. The highest BCUT2D eigenvalue weighted by Gasteiger charge is 2.77. The normalized spacial score (nSPS) is 42.0. The molecule has 0 bridgehead atoms. The van der Waals surface area contributed by atoms with E-state index in [0.717, 1.165) is 44.8 Å². The summed E-state index contributed by atoms with van der Waals surface area (Å²) in [5.74, 6) is 0.867. The van der Waals surface area contributed by atoms with Crippen LogP contribution in [0.1, 0.15) is 45.1 Å². The predicted octanol–water partition coefficient (Wildman–Crippen LogP) is 4.35. The molecule has 8 heteroatoms. The molecule has 0 unspecified atom stereocenters. The van der Waals surface area contributed by atoms with E-state index in [0.29, 0.717) is 37.2 Å². The van der Waals surface area contributed by atoms with Crippen LogP contribution in [0.5, 0.6) is 0 Å². The van der Waals surface area contributed by atoms with E-state index in [-0.39, 0.29) is 29.5 Å². The molecule has 3 saturated heterocycles. The Balaban J connectivity index is 1.14. The molecule has 5 nitrogen and oxygen atoms in total. The highest BCUT2D eigenvalue weighted by atomic mass is 19.4. The molecular formula is C26H33F3N2O3. The van der Waals surface area contributed by atoms with Gasteiger partial charge in [-0.25, -0.2) is 0 Å². The topological polar surface area (TPSA) is 45.3 Å². The van der Waals surface area contributed by atoms with Gasteiger partial charge in [0.15, 0.2) is 0 Å². The number of nitrogens with zero attached hydrogens (tertiary/aromatic N) is 2. The Labute approximate surface area is 198 Å². The van der Waals surface area contributed by atoms with Crippen molar-refractivity contribution >= 4 is 11.7 Å². The largest absolute Gasteiger partial charge is 0.455 e. The summed E-state index contributed by atoms with van der Waals surface area (Å²) in [6.07, 6.45) is -0.100. The van der Waals surface area contributed by atoms with Gasteiger partial charge in [-0.3, -0.25) is 9.69 Å². The summed E-state index contributed by atoms with van der Waals surface area (Å²) in [5.41, 5.74) is -0.622. The maximum absolute atomic E-state index is 13.2. The van der Waals surface area contributed by atoms with Gasteiger partial charge in [0.1, 0.15) is 11.7 Å². The van der Waals surface area contributed by atoms with Gasteiger partial charge in [-0.2, -0.15) is 13.2 Å². The number of epoxide rings is 1. The number of anilines is 1. The van der Waals surface area contributed by atoms with Crippen LogP contribution in [0.3, 0.4) is 0 Å². The van der Waals surface area contributed by atoms with Crippen molar-refractivity contribution in [3.63, 3.8) is 0 Å². The van der Waals surface area contributed by atoms with Gasteiger partial charge in [0.05, 0.1) is 17.1 Å². The summed E-state index contributed by atoms with van der Waals surface area (Å²) in [7, 11) is 0. The fourth-order valence-corrected chi connectivity index (χ4v) is 7.61. The molecule has 2 aliphatic carbocycles. The van der Waals surface area contributed by atoms with Gasteiger partial charge in [0, 0.05) is 50.2 Å². The minimum Gasteiger partial charge on any atom is -0.455 e. The lowest BCUT2D eigenvalue weighted by atomic mass is 9.55. The molecule has 34 heavy (non-hydrogen) atoms. The first kappa shape index (κ1) is 22.7. The van der Waals surface area contributed by atoms with Gasteiger partial charge in [-0.05, 0) is 56.7 Å². The van der Waals surface area contributed by atoms with Gasteiger partial charge in [0.2, 0.25) is 0 Å². The number of fused-ring (bicyclic) bond motifs is 1. The van der Waals surface area contributed by atoms with Gasteiger partial charge in [-0.1, -0.05) is 13.0 Å². The number of halogens is 3. The average molecular weight is 479 g/mol. The van der Waals surface area contributed by atoms with Crippen LogP contribution in [0.2, 0.25) is 0 Å². The molecule has 3 aliphatic heterocycles. The van der Waals surface area contributed by atoms with Crippen molar-refractivity contribution in [1.82, 2.24) is 4.90 Å². The number of piperazine rings is 1. The number of benzene rings is 1. The van der Waals surface area contributed by atoms with E-state index < -0.39 is 17.3 Å². The third-order valence-electron chi connectivity index (χ3n) is 9.46. The van der Waals surface area contributed by atoms with Gasteiger partial charge in [-0.15, -0.1) is 0 Å². The van der Waals surface area contributed by atoms with Crippen LogP contribution in [-0.2, 0) is 20.4 Å². The fraction of sp³-hybridized carbons (Fsp3) is 0.731. The molecule has 0 aromatic heterocycles. The van der Waals surface area contributed by atoms with E-state index in [2.05, 4.69) is 18.7 Å². The number of carbonyl (C=O) groups excluding carboxylic acids is 1. The molecule has 5 aliphatic rings. The van der Waals surface area contributed by atoms with Crippen LogP contribution >= 0.6 is 0 Å². The molecule has 1 spiro atoms. The lowest BCUT2D eigenvalue weighted by molar-refractivity contribution is -0.168. The zero-order chi connectivity index (χ0) is 23.9. The number of rotatable bonds is 3. The standard InChI is InChI=1S/C26H33F3N2O3/c1-16-6-7-21-19(22(32)33-25(21)20(16)8-9-24(2)23(25)34-24)15-30-10-12-31(13-11-30)18-5-3-4-17(14-18)26(27,28)29/h3-5,14,16,19-21,23H,6-13,15H2,1-2H3/t16-,19-,20+,21-,23-,24+,25-/m0/s1. The lowest BCUT2D eigenvalue weighted by Gasteiger charge is -2.50. The van der Waals surface area contributed by atoms with Crippen molar-refractivity contribution < 1.29 is 27.4 Å². The first-order valence-corrected chi connectivity index (χ1v) is 12.7. The Morgan fingerprint density at radius 1 is 1.09 bits per heavy atom. The number of esters is 1. The van der Waals surface area contributed by atoms with Crippen LogP contribution in [-0.4, -0.2) is 60.9 Å². The maximum atomic E-state index is 13.2. The van der Waals surface area contributed by atoms with Crippen LogP contribution in [0.25, 0.3) is 0 Å². The van der Waals surface area contributed by atoms with Crippen molar-refractivity contribution in [3.8, 4) is 0 Å². The summed E-state index contributed by atoms with van der Waals surface area (Å²) in [4.78, 5) is 17.5. The Bertz CT molecular complexity index is 978. The summed E-state index contributed by atoms with van der Waals surface area (Å²) in [6.45, 7) is 7.83. The van der Waals surface area contributed by atoms with E-state index in [4.69, 9.17) is 9.47 Å². The maximum Gasteiger partial charge on any atom is 0.416 e. The molecule has 0 radical (unpaired) electrons. The summed E-state index contributed by atoms with van der Waals surface area (Å²) in [5, 5.41) is 0. The van der Waals surface area contributed by atoms with Crippen molar-refractivity contribution in [2.45, 2.75) is 63.0 Å². The van der Waals surface area contributed by atoms with Gasteiger partial charge in [0.25, 0.3) is 0 Å². The van der Waals surface area contributed by atoms with E-state index in [1.807, 2.05) is 4.90 Å². The number of hydrogen-bond donors (Lipinski definition) is 0. The lowest BCUT2D eigenvalue weighted by Crippen LogP contribution is -2.58. The highest BCUT2D eigenvalue weighted by molar-refractivity contribution is 5.77. The average Bonchev–Trinajstić information content (AvgIpc) is 3.43. The first-order chi connectivity index (χ1) is 16.1. The van der Waals surface area contributed by atoms with Crippen LogP contribution in [0.4, 0.5) is 18.9 Å². The third-order valence-corrected chi connectivity index (χ3v) is 9.46. The van der Waals surface area contributed by atoms with E-state index in [9.17, 15) is 18.0 Å². The molecule has 3 heterocycles. The SMILES string of the molecule is C[C@H]1CC[C@H]2[C@H](CN3CCN(c4cccc(C(F)(F)F)c4)CC3)C(=O)O[C@@]23[C@@H]1CC[C@@]1(C)O[C@H]31. The molecule has 1 aromatic carbocycles. The van der Waals surface area contributed by atoms with Crippen molar-refractivity contribution in [2.24, 2.45) is 23.7 Å². The smallest absolute Gasteiger partial charge is 0.416 e. The summed E-state index contributed by atoms with van der Waals surface area (Å²) < 4.78 is 51.9. The Morgan fingerprint density at radius 2 is 1.85 bits per heavy atom. The van der Waals surface area contributed by atoms with Crippen LogP contribution < -0.4 is 4.90 Å². The van der Waals surface area contributed by atoms with Crippen LogP contribution in [0.15, 0.2) is 24.3 Å². The number of ether oxygens (including phenoxy) is 2. The van der Waals surface area contributed by atoms with Crippen LogP contribution in [0, 0.1) is 23.7 Å². The number of hydrogen-bond acceptors (Lipinski definition) is 5. The molecule has 2 saturated carbocycles. The third kappa shape index (κ3) is 3.39. The minimum atomic E-state index is -4.34. The highest BCUT2D eigenvalue weighted by Crippen LogP contribution is 2.66. The summed E-state index contributed by atoms with van der Waals surface area (Å²) in [6, 6.07) is 5.55. The summed E-state index contributed by atoms with van der Waals surface area (Å²) >= 11 is 0. The zero-order valence-corrected chi connectivity index (χ0v) is 19.8. The fourth-order valence-electron chi connectivity index (χ4n) is 7.61. The molecule has 186 valence electrons. The van der Waals surface area contributed by atoms with Gasteiger partial charge >= 0.3 is 12.1 Å². The monoisotopic (exact) mass is 478 g/mol. The zero-order valence-electron chi connectivity index (χ0n) is 19.8. The Hall–Kier alpha value is -1.80. The van der Waals surface area contributed by atoms with E-state index >= 15 is 0 Å². The number of alkyl halides is 3. The molecule has 7 atom stereocenters. The molecular weight excluding hydrogens is 445 g/mol. The van der Waals surface area contributed by atoms with Crippen molar-refractivity contribution in [2.75, 3.05) is 37.6 Å². The second-order valence-electron chi connectivity index (χ2n) is 11.3. The molecule has 5 fully saturated rings. The second kappa shape index (κ2) is 7.60. The molecule has 0 amide bonds. The number of carbonyl (C=O) groups is 1. The van der Waals surface area contributed by atoms with Gasteiger partial charge < -0.3 is 14.4 Å². The van der Waals surface area contributed by atoms with Crippen molar-refractivity contribution in [3.05, 3.63) is 29.8 Å². The van der Waals surface area contributed by atoms with Crippen molar-refractivity contribution in [1.29, 1.82) is 0 Å². The molecule has 6 rings (SSSR count).